The summed E-state index contributed by atoms with van der Waals surface area (Å²) in [7, 11) is 0. The molecular weight excluding hydrogens is 222 g/mol. The lowest BCUT2D eigenvalue weighted by atomic mass is 10.3. The zero-order valence-corrected chi connectivity index (χ0v) is 8.57. The number of nitrogens with zero attached hydrogens (tertiary/aromatic N) is 4. The van der Waals surface area contributed by atoms with Crippen molar-refractivity contribution in [3.05, 3.63) is 47.1 Å². The van der Waals surface area contributed by atoms with E-state index >= 15 is 0 Å². The largest absolute Gasteiger partial charge is 0.710 e. The first-order valence-corrected chi connectivity index (χ1v) is 4.88. The van der Waals surface area contributed by atoms with Gasteiger partial charge in [-0.05, 0) is 6.07 Å². The van der Waals surface area contributed by atoms with Gasteiger partial charge in [0, 0.05) is 12.3 Å². The highest BCUT2D eigenvalue weighted by Gasteiger charge is 2.23. The number of hydrogen-bond acceptors (Lipinski definition) is 4. The Kier molecular flexibility index (Phi) is 1.91. The highest BCUT2D eigenvalue weighted by Crippen LogP contribution is 2.11. The first-order valence-electron chi connectivity index (χ1n) is 4.88. The molecule has 0 aliphatic carbocycles. The maximum absolute atomic E-state index is 12.0. The van der Waals surface area contributed by atoms with E-state index in [-0.39, 0.29) is 16.9 Å². The molecular formula is C10H7N5O2. The van der Waals surface area contributed by atoms with Crippen molar-refractivity contribution in [2.75, 3.05) is 0 Å². The van der Waals surface area contributed by atoms with Gasteiger partial charge < -0.3 is 10.4 Å². The van der Waals surface area contributed by atoms with Crippen LogP contribution in [0.5, 0.6) is 0 Å². The van der Waals surface area contributed by atoms with E-state index in [1.165, 1.54) is 12.4 Å². The molecule has 0 saturated heterocycles. The van der Waals surface area contributed by atoms with E-state index in [2.05, 4.69) is 15.3 Å². The van der Waals surface area contributed by atoms with Gasteiger partial charge in [-0.15, -0.1) is 0 Å². The van der Waals surface area contributed by atoms with E-state index in [9.17, 15) is 10.4 Å². The average Bonchev–Trinajstić information content (AvgIpc) is 2.87. The van der Waals surface area contributed by atoms with Crippen LogP contribution in [0, 0.1) is 10.4 Å². The van der Waals surface area contributed by atoms with E-state index in [0.717, 1.165) is 0 Å². The second-order valence-corrected chi connectivity index (χ2v) is 3.47. The molecule has 0 amide bonds. The molecule has 0 bridgehead atoms. The maximum atomic E-state index is 12.0. The fraction of sp³-hybridized carbons (Fsp3) is 0. The minimum atomic E-state index is 0.0208. The summed E-state index contributed by atoms with van der Waals surface area (Å²) in [5.41, 5.74) is 0.971. The number of hydrogen-bond donors (Lipinski definition) is 1. The normalized spacial score (nSPS) is 10.8. The van der Waals surface area contributed by atoms with Crippen molar-refractivity contribution in [2.24, 2.45) is 0 Å². The summed E-state index contributed by atoms with van der Waals surface area (Å²) in [6.45, 7) is 0. The number of fused-ring (bicyclic) bond motifs is 1. The third kappa shape index (κ3) is 1.36. The highest BCUT2D eigenvalue weighted by molar-refractivity contribution is 5.68. The predicted octanol–water partition coefficient (Wildman–Crippen LogP) is -0.108. The number of H-pyrrole nitrogens is 1. The molecule has 1 N–H and O–H groups in total. The summed E-state index contributed by atoms with van der Waals surface area (Å²) >= 11 is 0. The minimum Gasteiger partial charge on any atom is -0.710 e. The second-order valence-electron chi connectivity index (χ2n) is 3.47. The zero-order valence-electron chi connectivity index (χ0n) is 8.57. The molecule has 2 heterocycles. The number of benzene rings is 1. The fourth-order valence-corrected chi connectivity index (χ4v) is 1.64. The van der Waals surface area contributed by atoms with Gasteiger partial charge in [0.05, 0.1) is 11.0 Å². The first-order chi connectivity index (χ1) is 8.27. The van der Waals surface area contributed by atoms with Gasteiger partial charge in [0.15, 0.2) is 0 Å². The number of rotatable bonds is 1. The summed E-state index contributed by atoms with van der Waals surface area (Å²) in [6, 6.07) is 6.48. The van der Waals surface area contributed by atoms with Gasteiger partial charge in [0.2, 0.25) is 10.6 Å². The van der Waals surface area contributed by atoms with E-state index in [1.54, 1.807) is 24.3 Å². The molecule has 0 saturated carbocycles. The van der Waals surface area contributed by atoms with Gasteiger partial charge >= 0.3 is 11.3 Å². The molecule has 3 rings (SSSR count). The number of para-hydroxylation sites is 2. The molecule has 17 heavy (non-hydrogen) atoms. The lowest BCUT2D eigenvalue weighted by molar-refractivity contribution is -0.673. The van der Waals surface area contributed by atoms with Gasteiger partial charge in [-0.3, -0.25) is 5.10 Å². The van der Waals surface area contributed by atoms with Gasteiger partial charge in [0.1, 0.15) is 5.56 Å². The standard InChI is InChI=1S/C10H7N5O2/c16-14-8-3-1-2-4-9(8)15(17)13-10(14)7-5-11-12-6-7/h1-6H,(H,11,12). The maximum Gasteiger partial charge on any atom is 0.411 e. The summed E-state index contributed by atoms with van der Waals surface area (Å²) in [5, 5.41) is 33.7. The molecule has 84 valence electrons. The molecule has 2 aromatic heterocycles. The topological polar surface area (TPSA) is 95.4 Å². The van der Waals surface area contributed by atoms with Crippen molar-refractivity contribution in [3.8, 4) is 11.4 Å². The van der Waals surface area contributed by atoms with Crippen LogP contribution in [0.15, 0.2) is 36.7 Å². The van der Waals surface area contributed by atoms with Crippen molar-refractivity contribution >= 4 is 11.0 Å². The van der Waals surface area contributed by atoms with Crippen LogP contribution in [-0.4, -0.2) is 15.3 Å². The Hall–Kier alpha value is -2.70. The average molecular weight is 229 g/mol. The Morgan fingerprint density at radius 3 is 2.59 bits per heavy atom. The lowest BCUT2D eigenvalue weighted by Gasteiger charge is -2.05. The molecule has 0 spiro atoms. The SMILES string of the molecule is [O-][n+]1nc(-c2cn[nH]c2)[n+]([O-])c2ccccc21. The molecule has 3 aromatic rings. The smallest absolute Gasteiger partial charge is 0.411 e. The second kappa shape index (κ2) is 3.41. The van der Waals surface area contributed by atoms with Crippen LogP contribution in [0.3, 0.4) is 0 Å². The van der Waals surface area contributed by atoms with Crippen molar-refractivity contribution in [1.29, 1.82) is 0 Å². The summed E-state index contributed by atoms with van der Waals surface area (Å²) in [5.74, 6) is 0.0208. The third-order valence-electron chi connectivity index (χ3n) is 2.44. The highest BCUT2D eigenvalue weighted by atomic mass is 16.5. The van der Waals surface area contributed by atoms with E-state index < -0.39 is 0 Å². The van der Waals surface area contributed by atoms with Crippen molar-refractivity contribution < 1.29 is 9.58 Å². The number of nitrogens with one attached hydrogen (secondary N) is 1. The quantitative estimate of drug-likeness (QED) is 0.465. The molecule has 0 fully saturated rings. The Balaban J connectivity index is 2.39. The Morgan fingerprint density at radius 2 is 1.88 bits per heavy atom. The fourth-order valence-electron chi connectivity index (χ4n) is 1.64. The lowest BCUT2D eigenvalue weighted by Crippen LogP contribution is -2.43. The van der Waals surface area contributed by atoms with E-state index in [4.69, 9.17) is 0 Å². The van der Waals surface area contributed by atoms with Crippen LogP contribution in [0.2, 0.25) is 0 Å². The van der Waals surface area contributed by atoms with Crippen molar-refractivity contribution in [2.45, 2.75) is 0 Å². The van der Waals surface area contributed by atoms with Crippen LogP contribution in [0.1, 0.15) is 0 Å². The van der Waals surface area contributed by atoms with Crippen molar-refractivity contribution in [1.82, 2.24) is 15.3 Å². The molecule has 7 nitrogen and oxygen atoms in total. The Morgan fingerprint density at radius 1 is 1.12 bits per heavy atom. The molecule has 0 aliphatic rings. The summed E-state index contributed by atoms with van der Waals surface area (Å²) in [4.78, 5) is 0.437. The zero-order chi connectivity index (χ0) is 11.8. The van der Waals surface area contributed by atoms with Gasteiger partial charge in [0.25, 0.3) is 0 Å². The van der Waals surface area contributed by atoms with Crippen LogP contribution < -0.4 is 9.58 Å². The Bertz CT molecular complexity index is 680. The van der Waals surface area contributed by atoms with E-state index in [1.807, 2.05) is 0 Å². The van der Waals surface area contributed by atoms with Crippen LogP contribution in [0.4, 0.5) is 0 Å². The van der Waals surface area contributed by atoms with Crippen LogP contribution in [0.25, 0.3) is 22.4 Å². The molecule has 0 aliphatic heterocycles. The molecule has 0 atom stereocenters. The molecule has 1 aromatic carbocycles. The molecule has 7 heteroatoms. The van der Waals surface area contributed by atoms with E-state index in [0.29, 0.717) is 15.1 Å². The number of aromatic nitrogens is 5. The monoisotopic (exact) mass is 229 g/mol. The van der Waals surface area contributed by atoms with Crippen LogP contribution >= 0.6 is 0 Å². The van der Waals surface area contributed by atoms with Gasteiger partial charge in [-0.25, -0.2) is 4.73 Å². The van der Waals surface area contributed by atoms with Crippen LogP contribution in [-0.2, 0) is 0 Å². The number of aromatic amines is 1. The third-order valence-corrected chi connectivity index (χ3v) is 2.44. The molecule has 0 radical (unpaired) electrons. The van der Waals surface area contributed by atoms with Crippen molar-refractivity contribution in [3.63, 3.8) is 0 Å². The van der Waals surface area contributed by atoms with Gasteiger partial charge in [-0.1, -0.05) is 12.1 Å². The summed E-state index contributed by atoms with van der Waals surface area (Å²) < 4.78 is 0.620. The van der Waals surface area contributed by atoms with Gasteiger partial charge in [-0.2, -0.15) is 5.10 Å². The first kappa shape index (κ1) is 9.52. The Labute approximate surface area is 95.1 Å². The predicted molar refractivity (Wildman–Crippen MR) is 57.2 cm³/mol. The summed E-state index contributed by atoms with van der Waals surface area (Å²) in [6.07, 6.45) is 2.94. The molecule has 0 unspecified atom stereocenters. The minimum absolute atomic E-state index is 0.0208.